The van der Waals surface area contributed by atoms with Crippen molar-refractivity contribution >= 4 is 50.3 Å². The first kappa shape index (κ1) is 17.8. The van der Waals surface area contributed by atoms with Gasteiger partial charge in [-0.25, -0.2) is 0 Å². The number of nitrogens with zero attached hydrogens (tertiary/aromatic N) is 3. The monoisotopic (exact) mass is 403 g/mol. The lowest BCUT2D eigenvalue weighted by atomic mass is 10.2. The molecule has 4 aromatic rings. The molecular weight excluding hydrogens is 386 g/mol. The average molecular weight is 403 g/mol. The highest BCUT2D eigenvalue weighted by atomic mass is 32.2. The fourth-order valence-corrected chi connectivity index (χ4v) is 4.27. The van der Waals surface area contributed by atoms with E-state index < -0.39 is 5.97 Å². The normalized spacial score (nSPS) is 13.8. The molecule has 2 aromatic carbocycles. The zero-order valence-electron chi connectivity index (χ0n) is 15.4. The number of thioether (sulfide) groups is 1. The summed E-state index contributed by atoms with van der Waals surface area (Å²) >= 11 is 1.19. The van der Waals surface area contributed by atoms with Gasteiger partial charge in [-0.05, 0) is 24.3 Å². The van der Waals surface area contributed by atoms with Gasteiger partial charge in [-0.1, -0.05) is 48.2 Å². The van der Waals surface area contributed by atoms with E-state index in [1.54, 1.807) is 0 Å². The third-order valence-corrected chi connectivity index (χ3v) is 5.85. The van der Waals surface area contributed by atoms with Crippen LogP contribution in [0.1, 0.15) is 17.9 Å². The molecule has 29 heavy (non-hydrogen) atoms. The van der Waals surface area contributed by atoms with Gasteiger partial charge in [0.2, 0.25) is 0 Å². The summed E-state index contributed by atoms with van der Waals surface area (Å²) in [5.74, 6) is 0.632. The Morgan fingerprint density at radius 3 is 2.38 bits per heavy atom. The number of hydrogen-bond donors (Lipinski definition) is 1. The lowest BCUT2D eigenvalue weighted by Gasteiger charge is -2.05. The minimum atomic E-state index is -0.863. The van der Waals surface area contributed by atoms with Gasteiger partial charge in [0, 0.05) is 28.2 Å². The van der Waals surface area contributed by atoms with Crippen molar-refractivity contribution in [2.24, 2.45) is 10.2 Å². The van der Waals surface area contributed by atoms with E-state index in [4.69, 9.17) is 9.52 Å². The van der Waals surface area contributed by atoms with Crippen LogP contribution in [0.2, 0.25) is 0 Å². The highest BCUT2D eigenvalue weighted by Gasteiger charge is 2.19. The molecule has 0 amide bonds. The number of carbonyl (C=O) groups is 1. The van der Waals surface area contributed by atoms with Crippen LogP contribution in [0.4, 0.5) is 0 Å². The van der Waals surface area contributed by atoms with E-state index in [1.165, 1.54) is 33.6 Å². The molecule has 0 bridgehead atoms. The van der Waals surface area contributed by atoms with Crippen LogP contribution in [-0.4, -0.2) is 32.2 Å². The molecule has 0 fully saturated rings. The largest absolute Gasteiger partial charge is 0.481 e. The SMILES string of the molecule is O=C(O)CSC1=NN=C(c2ccc(Cn3c4ccccc4c4ccccc43)o2)C1. The summed E-state index contributed by atoms with van der Waals surface area (Å²) < 4.78 is 8.32. The second-order valence-electron chi connectivity index (χ2n) is 6.79. The van der Waals surface area contributed by atoms with Crippen molar-refractivity contribution in [2.45, 2.75) is 13.0 Å². The number of fused-ring (bicyclic) bond motifs is 3. The van der Waals surface area contributed by atoms with Gasteiger partial charge in [0.1, 0.15) is 16.5 Å². The van der Waals surface area contributed by atoms with E-state index in [9.17, 15) is 4.79 Å². The Kier molecular flexibility index (Phi) is 4.44. The summed E-state index contributed by atoms with van der Waals surface area (Å²) in [6, 6.07) is 20.6. The second-order valence-corrected chi connectivity index (χ2v) is 7.83. The molecule has 2 aromatic heterocycles. The quantitative estimate of drug-likeness (QED) is 0.521. The van der Waals surface area contributed by atoms with Gasteiger partial charge in [-0.15, -0.1) is 5.10 Å². The maximum absolute atomic E-state index is 10.7. The fraction of sp³-hybridized carbons (Fsp3) is 0.136. The van der Waals surface area contributed by atoms with E-state index in [0.717, 1.165) is 11.5 Å². The minimum Gasteiger partial charge on any atom is -0.481 e. The molecule has 0 unspecified atom stereocenters. The fourth-order valence-electron chi connectivity index (χ4n) is 3.64. The average Bonchev–Trinajstić information content (AvgIpc) is 3.45. The Morgan fingerprint density at radius 2 is 1.69 bits per heavy atom. The number of aliphatic carboxylic acids is 1. The zero-order chi connectivity index (χ0) is 19.8. The first-order valence-electron chi connectivity index (χ1n) is 9.22. The van der Waals surface area contributed by atoms with Gasteiger partial charge >= 0.3 is 5.97 Å². The van der Waals surface area contributed by atoms with Crippen molar-refractivity contribution in [1.29, 1.82) is 0 Å². The minimum absolute atomic E-state index is 0.0151. The smallest absolute Gasteiger partial charge is 0.313 e. The molecule has 0 saturated carbocycles. The lowest BCUT2D eigenvalue weighted by molar-refractivity contribution is -0.133. The van der Waals surface area contributed by atoms with Crippen LogP contribution in [0.5, 0.6) is 0 Å². The van der Waals surface area contributed by atoms with Gasteiger partial charge in [0.25, 0.3) is 0 Å². The summed E-state index contributed by atoms with van der Waals surface area (Å²) in [6.45, 7) is 0.614. The van der Waals surface area contributed by atoms with Gasteiger partial charge in [-0.3, -0.25) is 4.79 Å². The molecule has 1 aliphatic rings. The summed E-state index contributed by atoms with van der Waals surface area (Å²) in [6.07, 6.45) is 0.500. The molecule has 0 atom stereocenters. The second kappa shape index (κ2) is 7.25. The molecular formula is C22H17N3O3S. The summed E-state index contributed by atoms with van der Waals surface area (Å²) in [5, 5.41) is 20.2. The number of rotatable bonds is 5. The van der Waals surface area contributed by atoms with Gasteiger partial charge in [0.15, 0.2) is 5.76 Å². The Bertz CT molecular complexity index is 1250. The van der Waals surface area contributed by atoms with Gasteiger partial charge in [-0.2, -0.15) is 5.10 Å². The zero-order valence-corrected chi connectivity index (χ0v) is 16.2. The number of aromatic nitrogens is 1. The van der Waals surface area contributed by atoms with Crippen molar-refractivity contribution in [3.8, 4) is 0 Å². The number of furan rings is 1. The Hall–Kier alpha value is -3.32. The maximum Gasteiger partial charge on any atom is 0.313 e. The standard InChI is InChI=1S/C22H17N3O3S/c26-22(27)13-29-21-11-17(23-24-21)20-10-9-14(28-20)12-25-18-7-3-1-5-15(18)16-6-2-4-8-19(16)25/h1-10H,11-13H2,(H,26,27). The molecule has 3 heterocycles. The van der Waals surface area contributed by atoms with Crippen LogP contribution in [0.15, 0.2) is 75.3 Å². The Balaban J connectivity index is 1.40. The Labute approximate surface area is 170 Å². The molecule has 6 nitrogen and oxygen atoms in total. The van der Waals surface area contributed by atoms with Crippen molar-refractivity contribution in [3.05, 3.63) is 72.2 Å². The molecule has 1 aliphatic heterocycles. The van der Waals surface area contributed by atoms with E-state index in [1.807, 2.05) is 24.3 Å². The van der Waals surface area contributed by atoms with Crippen LogP contribution < -0.4 is 0 Å². The first-order valence-corrected chi connectivity index (χ1v) is 10.2. The molecule has 1 N–H and O–H groups in total. The first-order chi connectivity index (χ1) is 14.2. The molecule has 0 aliphatic carbocycles. The van der Waals surface area contributed by atoms with E-state index in [-0.39, 0.29) is 5.75 Å². The van der Waals surface area contributed by atoms with Crippen molar-refractivity contribution in [3.63, 3.8) is 0 Å². The van der Waals surface area contributed by atoms with E-state index in [0.29, 0.717) is 23.8 Å². The topological polar surface area (TPSA) is 80.1 Å². The molecule has 144 valence electrons. The van der Waals surface area contributed by atoms with Crippen molar-refractivity contribution < 1.29 is 14.3 Å². The molecule has 0 saturated heterocycles. The van der Waals surface area contributed by atoms with E-state index >= 15 is 0 Å². The van der Waals surface area contributed by atoms with Gasteiger partial charge < -0.3 is 14.1 Å². The number of hydrogen-bond acceptors (Lipinski definition) is 5. The van der Waals surface area contributed by atoms with Crippen molar-refractivity contribution in [1.82, 2.24) is 4.57 Å². The third kappa shape index (κ3) is 3.34. The lowest BCUT2D eigenvalue weighted by Crippen LogP contribution is -2.04. The van der Waals surface area contributed by atoms with E-state index in [2.05, 4.69) is 51.2 Å². The maximum atomic E-state index is 10.7. The third-order valence-electron chi connectivity index (χ3n) is 4.90. The summed E-state index contributed by atoms with van der Waals surface area (Å²) in [5.41, 5.74) is 3.06. The highest BCUT2D eigenvalue weighted by Crippen LogP contribution is 2.30. The van der Waals surface area contributed by atoms with Crippen LogP contribution >= 0.6 is 11.8 Å². The van der Waals surface area contributed by atoms with Crippen LogP contribution in [0.3, 0.4) is 0 Å². The number of benzene rings is 2. The molecule has 0 spiro atoms. The predicted octanol–water partition coefficient (Wildman–Crippen LogP) is 4.76. The van der Waals surface area contributed by atoms with Crippen LogP contribution in [0, 0.1) is 0 Å². The summed E-state index contributed by atoms with van der Waals surface area (Å²) in [7, 11) is 0. The molecule has 7 heteroatoms. The van der Waals surface area contributed by atoms with Crippen LogP contribution in [0.25, 0.3) is 21.8 Å². The Morgan fingerprint density at radius 1 is 1.00 bits per heavy atom. The summed E-state index contributed by atoms with van der Waals surface area (Å²) in [4.78, 5) is 10.7. The van der Waals surface area contributed by atoms with Gasteiger partial charge in [0.05, 0.1) is 12.3 Å². The predicted molar refractivity (Wildman–Crippen MR) is 116 cm³/mol. The van der Waals surface area contributed by atoms with Crippen molar-refractivity contribution in [2.75, 3.05) is 5.75 Å². The van der Waals surface area contributed by atoms with Crippen LogP contribution in [-0.2, 0) is 11.3 Å². The highest BCUT2D eigenvalue weighted by molar-refractivity contribution is 8.14. The number of carboxylic acids is 1. The molecule has 0 radical (unpaired) electrons. The number of para-hydroxylation sites is 2. The number of carboxylic acid groups (broad SMARTS) is 1. The molecule has 5 rings (SSSR count).